The van der Waals surface area contributed by atoms with E-state index in [1.54, 1.807) is 30.7 Å². The molecule has 1 N–H and O–H groups in total. The molecule has 0 saturated carbocycles. The van der Waals surface area contributed by atoms with Crippen molar-refractivity contribution in [3.8, 4) is 11.5 Å². The van der Waals surface area contributed by atoms with Gasteiger partial charge in [-0.1, -0.05) is 57.9 Å². The standard InChI is InChI=1S/C30H26BrClN2O3S/c1-36-25-16-20(15-24(32)28(25)37-18-19-11-13-21(31)14-12-19)17-33-30-27(23-9-5-6-10-26(23)38-30)29(35)34-22-7-3-2-4-8-22/h2-4,7-8,11-17H,5-6,9-10,18H2,1H3,(H,34,35)/b33-17+. The number of benzene rings is 3. The maximum absolute atomic E-state index is 13.3. The lowest BCUT2D eigenvalue weighted by atomic mass is 9.95. The molecule has 3 aromatic carbocycles. The van der Waals surface area contributed by atoms with E-state index >= 15 is 0 Å². The molecule has 1 amide bonds. The maximum Gasteiger partial charge on any atom is 0.259 e. The molecule has 38 heavy (non-hydrogen) atoms. The average molecular weight is 610 g/mol. The number of nitrogens with one attached hydrogen (secondary N) is 1. The SMILES string of the molecule is COc1cc(/C=N/c2sc3c(c2C(=O)Nc2ccccc2)CCCC3)cc(Cl)c1OCc1ccc(Br)cc1. The van der Waals surface area contributed by atoms with E-state index in [1.807, 2.05) is 60.7 Å². The predicted molar refractivity (Wildman–Crippen MR) is 159 cm³/mol. The molecule has 1 aliphatic rings. The number of aryl methyl sites for hydroxylation is 1. The Kier molecular flexibility index (Phi) is 8.47. The zero-order valence-electron chi connectivity index (χ0n) is 20.8. The molecule has 8 heteroatoms. The number of carbonyl (C=O) groups excluding carboxylic acids is 1. The molecule has 0 fully saturated rings. The summed E-state index contributed by atoms with van der Waals surface area (Å²) in [4.78, 5) is 19.4. The Morgan fingerprint density at radius 1 is 1.11 bits per heavy atom. The van der Waals surface area contributed by atoms with Gasteiger partial charge in [-0.25, -0.2) is 4.99 Å². The van der Waals surface area contributed by atoms with E-state index in [9.17, 15) is 4.79 Å². The van der Waals surface area contributed by atoms with E-state index in [-0.39, 0.29) is 5.91 Å². The fraction of sp³-hybridized carbons (Fsp3) is 0.200. The molecule has 194 valence electrons. The number of thiophene rings is 1. The first-order chi connectivity index (χ1) is 18.5. The van der Waals surface area contributed by atoms with Crippen LogP contribution in [0.3, 0.4) is 0 Å². The number of rotatable bonds is 8. The van der Waals surface area contributed by atoms with Gasteiger partial charge in [0.2, 0.25) is 0 Å². The second-order valence-electron chi connectivity index (χ2n) is 8.92. The normalized spacial score (nSPS) is 12.8. The monoisotopic (exact) mass is 608 g/mol. The summed E-state index contributed by atoms with van der Waals surface area (Å²) in [6.45, 7) is 0.359. The van der Waals surface area contributed by atoms with Crippen LogP contribution in [0.1, 0.15) is 44.8 Å². The van der Waals surface area contributed by atoms with E-state index in [0.717, 1.165) is 52.5 Å². The molecule has 0 saturated heterocycles. The molecule has 0 atom stereocenters. The molecule has 0 unspecified atom stereocenters. The molecule has 1 heterocycles. The van der Waals surface area contributed by atoms with E-state index in [4.69, 9.17) is 26.1 Å². The summed E-state index contributed by atoms with van der Waals surface area (Å²) in [6.07, 6.45) is 5.80. The van der Waals surface area contributed by atoms with Crippen molar-refractivity contribution in [2.75, 3.05) is 12.4 Å². The van der Waals surface area contributed by atoms with Gasteiger partial charge in [-0.3, -0.25) is 4.79 Å². The number of carbonyl (C=O) groups is 1. The molecular weight excluding hydrogens is 584 g/mol. The van der Waals surface area contributed by atoms with Gasteiger partial charge in [-0.2, -0.15) is 0 Å². The van der Waals surface area contributed by atoms with Crippen molar-refractivity contribution >= 4 is 61.7 Å². The highest BCUT2D eigenvalue weighted by atomic mass is 79.9. The minimum Gasteiger partial charge on any atom is -0.493 e. The molecule has 1 aromatic heterocycles. The number of hydrogen-bond acceptors (Lipinski definition) is 5. The summed E-state index contributed by atoms with van der Waals surface area (Å²) in [5.74, 6) is 0.863. The summed E-state index contributed by atoms with van der Waals surface area (Å²) in [7, 11) is 1.58. The minimum absolute atomic E-state index is 0.130. The van der Waals surface area contributed by atoms with E-state index in [0.29, 0.717) is 33.7 Å². The van der Waals surface area contributed by atoms with Gasteiger partial charge in [-0.05, 0) is 78.8 Å². The largest absolute Gasteiger partial charge is 0.493 e. The highest BCUT2D eigenvalue weighted by Gasteiger charge is 2.25. The van der Waals surface area contributed by atoms with E-state index in [2.05, 4.69) is 21.2 Å². The smallest absolute Gasteiger partial charge is 0.259 e. The molecule has 0 aliphatic heterocycles. The Hall–Kier alpha value is -3.13. The quantitative estimate of drug-likeness (QED) is 0.203. The topological polar surface area (TPSA) is 59.9 Å². The van der Waals surface area contributed by atoms with Crippen molar-refractivity contribution in [1.29, 1.82) is 0 Å². The van der Waals surface area contributed by atoms with Crippen molar-refractivity contribution in [2.45, 2.75) is 32.3 Å². The van der Waals surface area contributed by atoms with Crippen LogP contribution in [0.25, 0.3) is 0 Å². The van der Waals surface area contributed by atoms with Gasteiger partial charge < -0.3 is 14.8 Å². The van der Waals surface area contributed by atoms with Gasteiger partial charge in [0.1, 0.15) is 11.6 Å². The molecule has 1 aliphatic carbocycles. The number of anilines is 1. The zero-order valence-corrected chi connectivity index (χ0v) is 24.0. The van der Waals surface area contributed by atoms with Crippen LogP contribution in [-0.2, 0) is 19.4 Å². The number of nitrogens with zero attached hydrogens (tertiary/aromatic N) is 1. The first kappa shape index (κ1) is 26.5. The van der Waals surface area contributed by atoms with Gasteiger partial charge in [0.05, 0.1) is 17.7 Å². The lowest BCUT2D eigenvalue weighted by molar-refractivity contribution is 0.102. The number of amides is 1. The number of ether oxygens (including phenoxy) is 2. The summed E-state index contributed by atoms with van der Waals surface area (Å²) in [5, 5.41) is 4.16. The zero-order chi connectivity index (χ0) is 26.5. The average Bonchev–Trinajstić information content (AvgIpc) is 3.31. The summed E-state index contributed by atoms with van der Waals surface area (Å²) >= 11 is 11.6. The molecule has 0 bridgehead atoms. The van der Waals surface area contributed by atoms with Gasteiger partial charge in [0, 0.05) is 21.3 Å². The van der Waals surface area contributed by atoms with E-state index in [1.165, 1.54) is 4.88 Å². The van der Waals surface area contributed by atoms with Crippen LogP contribution in [0.4, 0.5) is 10.7 Å². The number of halogens is 2. The number of methoxy groups -OCH3 is 1. The first-order valence-electron chi connectivity index (χ1n) is 12.3. The highest BCUT2D eigenvalue weighted by Crippen LogP contribution is 2.41. The maximum atomic E-state index is 13.3. The molecule has 5 rings (SSSR count). The Morgan fingerprint density at radius 3 is 2.63 bits per heavy atom. The van der Waals surface area contributed by atoms with Gasteiger partial charge >= 0.3 is 0 Å². The van der Waals surface area contributed by atoms with Crippen molar-refractivity contribution in [3.05, 3.63) is 103 Å². The second kappa shape index (κ2) is 12.2. The molecule has 0 spiro atoms. The van der Waals surface area contributed by atoms with Crippen LogP contribution in [0.2, 0.25) is 5.02 Å². The van der Waals surface area contributed by atoms with Crippen LogP contribution in [0.5, 0.6) is 11.5 Å². The molecular formula is C30H26BrClN2O3S. The van der Waals surface area contributed by atoms with Crippen molar-refractivity contribution in [3.63, 3.8) is 0 Å². The number of aliphatic imine (C=N–C) groups is 1. The predicted octanol–water partition coefficient (Wildman–Crippen LogP) is 8.63. The summed E-state index contributed by atoms with van der Waals surface area (Å²) in [6, 6.07) is 21.0. The third kappa shape index (κ3) is 6.12. The fourth-order valence-corrected chi connectivity index (χ4v) is 6.18. The van der Waals surface area contributed by atoms with Crippen molar-refractivity contribution < 1.29 is 14.3 Å². The Bertz CT molecular complexity index is 1470. The van der Waals surface area contributed by atoms with Crippen molar-refractivity contribution in [2.24, 2.45) is 4.99 Å². The summed E-state index contributed by atoms with van der Waals surface area (Å²) in [5.41, 5.74) is 4.31. The first-order valence-corrected chi connectivity index (χ1v) is 14.3. The third-order valence-electron chi connectivity index (χ3n) is 6.29. The number of fused-ring (bicyclic) bond motifs is 1. The lowest BCUT2D eigenvalue weighted by Gasteiger charge is -2.13. The third-order valence-corrected chi connectivity index (χ3v) is 8.30. The Labute approximate surface area is 239 Å². The van der Waals surface area contributed by atoms with Gasteiger partial charge in [-0.15, -0.1) is 11.3 Å². The highest BCUT2D eigenvalue weighted by molar-refractivity contribution is 9.10. The van der Waals surface area contributed by atoms with Crippen LogP contribution in [-0.4, -0.2) is 19.2 Å². The van der Waals surface area contributed by atoms with Crippen LogP contribution in [0, 0.1) is 0 Å². The second-order valence-corrected chi connectivity index (χ2v) is 11.3. The van der Waals surface area contributed by atoms with Crippen LogP contribution in [0.15, 0.2) is 76.2 Å². The minimum atomic E-state index is -0.130. The molecule has 5 nitrogen and oxygen atoms in total. The number of para-hydroxylation sites is 1. The van der Waals surface area contributed by atoms with Crippen LogP contribution >= 0.6 is 38.9 Å². The van der Waals surface area contributed by atoms with E-state index < -0.39 is 0 Å². The Morgan fingerprint density at radius 2 is 1.87 bits per heavy atom. The Balaban J connectivity index is 1.40. The lowest BCUT2D eigenvalue weighted by Crippen LogP contribution is -2.14. The number of hydrogen-bond donors (Lipinski definition) is 1. The van der Waals surface area contributed by atoms with Gasteiger partial charge in [0.15, 0.2) is 11.5 Å². The molecule has 4 aromatic rings. The van der Waals surface area contributed by atoms with Crippen LogP contribution < -0.4 is 14.8 Å². The molecule has 0 radical (unpaired) electrons. The van der Waals surface area contributed by atoms with Gasteiger partial charge in [0.25, 0.3) is 5.91 Å². The summed E-state index contributed by atoms with van der Waals surface area (Å²) < 4.78 is 12.6. The van der Waals surface area contributed by atoms with Crippen molar-refractivity contribution in [1.82, 2.24) is 0 Å². The fourth-order valence-electron chi connectivity index (χ4n) is 4.42.